The Hall–Kier alpha value is -0.350. The smallest absolute Gasteiger partial charge is 0.248 e. The van der Waals surface area contributed by atoms with Gasteiger partial charge in [-0.1, -0.05) is 6.92 Å². The van der Waals surface area contributed by atoms with Crippen LogP contribution in [0, 0.1) is 5.92 Å². The van der Waals surface area contributed by atoms with Crippen molar-refractivity contribution in [1.29, 1.82) is 0 Å². The summed E-state index contributed by atoms with van der Waals surface area (Å²) in [6.07, 6.45) is -7.67. The third-order valence-electron chi connectivity index (χ3n) is 1.32. The van der Waals surface area contributed by atoms with Crippen LogP contribution in [0.3, 0.4) is 0 Å². The second-order valence-corrected chi connectivity index (χ2v) is 2.47. The zero-order valence-corrected chi connectivity index (χ0v) is 5.96. The first-order valence-electron chi connectivity index (χ1n) is 3.13. The van der Waals surface area contributed by atoms with Gasteiger partial charge in [0.15, 0.2) is 0 Å². The summed E-state index contributed by atoms with van der Waals surface area (Å²) in [5, 5.41) is 0. The third-order valence-corrected chi connectivity index (χ3v) is 1.32. The van der Waals surface area contributed by atoms with E-state index in [1.54, 1.807) is 0 Å². The van der Waals surface area contributed by atoms with E-state index in [-0.39, 0.29) is 0 Å². The van der Waals surface area contributed by atoms with Crippen LogP contribution < -0.4 is 0 Å². The van der Waals surface area contributed by atoms with Crippen LogP contribution in [0.2, 0.25) is 0 Å². The van der Waals surface area contributed by atoms with Crippen LogP contribution in [0.1, 0.15) is 13.3 Å². The van der Waals surface area contributed by atoms with E-state index in [9.17, 15) is 22.0 Å². The summed E-state index contributed by atoms with van der Waals surface area (Å²) in [6.45, 7) is -0.311. The molecule has 0 fully saturated rings. The third kappa shape index (κ3) is 4.98. The van der Waals surface area contributed by atoms with Crippen LogP contribution in [-0.2, 0) is 0 Å². The molecule has 0 rings (SSSR count). The van der Waals surface area contributed by atoms with Crippen molar-refractivity contribution in [2.45, 2.75) is 25.7 Å². The molecular weight excluding hydrogens is 167 g/mol. The molecule has 0 nitrogen and oxygen atoms in total. The maximum absolute atomic E-state index is 12.2. The SMILES string of the molecule is CC(CC(F)(F)F)C(F)CF. The molecule has 0 aromatic rings. The summed E-state index contributed by atoms with van der Waals surface area (Å²) in [6, 6.07) is 0. The molecule has 0 spiro atoms. The molecule has 0 radical (unpaired) electrons. The van der Waals surface area contributed by atoms with Gasteiger partial charge in [-0.15, -0.1) is 0 Å². The van der Waals surface area contributed by atoms with Gasteiger partial charge in [0.2, 0.25) is 0 Å². The molecular formula is C6H9F5. The van der Waals surface area contributed by atoms with E-state index in [1.165, 1.54) is 0 Å². The van der Waals surface area contributed by atoms with Crippen LogP contribution in [0.4, 0.5) is 22.0 Å². The van der Waals surface area contributed by atoms with E-state index >= 15 is 0 Å². The summed E-state index contributed by atoms with van der Waals surface area (Å²) < 4.78 is 58.2. The summed E-state index contributed by atoms with van der Waals surface area (Å²) in [5.74, 6) is -1.29. The summed E-state index contributed by atoms with van der Waals surface area (Å²) in [7, 11) is 0. The molecule has 0 bridgehead atoms. The largest absolute Gasteiger partial charge is 0.389 e. The van der Waals surface area contributed by atoms with Crippen molar-refractivity contribution in [1.82, 2.24) is 0 Å². The fraction of sp³-hybridized carbons (Fsp3) is 1.00. The second-order valence-electron chi connectivity index (χ2n) is 2.47. The van der Waals surface area contributed by atoms with E-state index in [4.69, 9.17) is 0 Å². The Labute approximate surface area is 61.4 Å². The van der Waals surface area contributed by atoms with Gasteiger partial charge in [-0.3, -0.25) is 0 Å². The molecule has 2 atom stereocenters. The van der Waals surface area contributed by atoms with Crippen LogP contribution in [-0.4, -0.2) is 19.0 Å². The lowest BCUT2D eigenvalue weighted by Crippen LogP contribution is -2.22. The lowest BCUT2D eigenvalue weighted by molar-refractivity contribution is -0.148. The molecule has 5 heteroatoms. The van der Waals surface area contributed by atoms with E-state index in [1.807, 2.05) is 0 Å². The average molecular weight is 176 g/mol. The molecule has 0 saturated carbocycles. The Kier molecular flexibility index (Phi) is 3.75. The van der Waals surface area contributed by atoms with Crippen molar-refractivity contribution in [3.8, 4) is 0 Å². The molecule has 2 unspecified atom stereocenters. The van der Waals surface area contributed by atoms with Gasteiger partial charge in [-0.25, -0.2) is 8.78 Å². The van der Waals surface area contributed by atoms with Crippen molar-refractivity contribution in [3.05, 3.63) is 0 Å². The molecule has 0 aliphatic carbocycles. The van der Waals surface area contributed by atoms with E-state index < -0.39 is 31.4 Å². The minimum absolute atomic E-state index is 1.04. The summed E-state index contributed by atoms with van der Waals surface area (Å²) >= 11 is 0. The standard InChI is InChI=1S/C6H9F5/c1-4(5(8)3-7)2-6(9,10)11/h4-5H,2-3H2,1H3. The fourth-order valence-corrected chi connectivity index (χ4v) is 0.645. The first-order chi connectivity index (χ1) is 4.87. The normalized spacial score (nSPS) is 18.0. The number of rotatable bonds is 3. The van der Waals surface area contributed by atoms with Crippen molar-refractivity contribution in [3.63, 3.8) is 0 Å². The Bertz CT molecular complexity index is 108. The highest BCUT2D eigenvalue weighted by molar-refractivity contribution is 4.67. The predicted molar refractivity (Wildman–Crippen MR) is 30.7 cm³/mol. The van der Waals surface area contributed by atoms with E-state index in [2.05, 4.69) is 0 Å². The first-order valence-corrected chi connectivity index (χ1v) is 3.13. The molecule has 68 valence electrons. The van der Waals surface area contributed by atoms with Crippen LogP contribution >= 0.6 is 0 Å². The highest BCUT2D eigenvalue weighted by Gasteiger charge is 2.33. The van der Waals surface area contributed by atoms with Crippen LogP contribution in [0.25, 0.3) is 0 Å². The Morgan fingerprint density at radius 1 is 1.27 bits per heavy atom. The molecule has 0 heterocycles. The molecule has 0 aliphatic rings. The topological polar surface area (TPSA) is 0 Å². The molecule has 0 saturated heterocycles. The monoisotopic (exact) mass is 176 g/mol. The Balaban J connectivity index is 3.77. The van der Waals surface area contributed by atoms with Gasteiger partial charge in [-0.05, 0) is 5.92 Å². The molecule has 0 aromatic carbocycles. The maximum atomic E-state index is 12.2. The maximum Gasteiger partial charge on any atom is 0.389 e. The number of hydrogen-bond acceptors (Lipinski definition) is 0. The van der Waals surface area contributed by atoms with Crippen molar-refractivity contribution in [2.24, 2.45) is 5.92 Å². The quantitative estimate of drug-likeness (QED) is 0.580. The Morgan fingerprint density at radius 3 is 2.00 bits per heavy atom. The number of halogens is 5. The van der Waals surface area contributed by atoms with Crippen LogP contribution in [0.5, 0.6) is 0 Å². The van der Waals surface area contributed by atoms with Gasteiger partial charge in [0.1, 0.15) is 12.8 Å². The zero-order valence-electron chi connectivity index (χ0n) is 5.96. The summed E-state index contributed by atoms with van der Waals surface area (Å²) in [5.41, 5.74) is 0. The molecule has 0 amide bonds. The van der Waals surface area contributed by atoms with Gasteiger partial charge in [0.05, 0.1) is 0 Å². The highest BCUT2D eigenvalue weighted by atomic mass is 19.4. The van der Waals surface area contributed by atoms with Crippen LogP contribution in [0.15, 0.2) is 0 Å². The summed E-state index contributed by atoms with van der Waals surface area (Å²) in [4.78, 5) is 0. The molecule has 0 aliphatic heterocycles. The Morgan fingerprint density at radius 2 is 1.73 bits per heavy atom. The van der Waals surface area contributed by atoms with Crippen molar-refractivity contribution < 1.29 is 22.0 Å². The number of alkyl halides is 5. The highest BCUT2D eigenvalue weighted by Crippen LogP contribution is 2.27. The fourth-order valence-electron chi connectivity index (χ4n) is 0.645. The first kappa shape index (κ1) is 10.7. The second kappa shape index (κ2) is 3.88. The van der Waals surface area contributed by atoms with Gasteiger partial charge < -0.3 is 0 Å². The lowest BCUT2D eigenvalue weighted by atomic mass is 10.0. The van der Waals surface area contributed by atoms with E-state index in [0.717, 1.165) is 6.92 Å². The average Bonchev–Trinajstić information content (AvgIpc) is 1.82. The predicted octanol–water partition coefficient (Wildman–Crippen LogP) is 2.88. The lowest BCUT2D eigenvalue weighted by Gasteiger charge is -2.15. The molecule has 11 heavy (non-hydrogen) atoms. The van der Waals surface area contributed by atoms with Gasteiger partial charge in [0, 0.05) is 6.42 Å². The van der Waals surface area contributed by atoms with Gasteiger partial charge >= 0.3 is 6.18 Å². The van der Waals surface area contributed by atoms with Gasteiger partial charge in [0.25, 0.3) is 0 Å². The minimum Gasteiger partial charge on any atom is -0.248 e. The van der Waals surface area contributed by atoms with Crippen molar-refractivity contribution >= 4 is 0 Å². The molecule has 0 N–H and O–H groups in total. The van der Waals surface area contributed by atoms with Gasteiger partial charge in [-0.2, -0.15) is 13.2 Å². The van der Waals surface area contributed by atoms with Crippen molar-refractivity contribution in [2.75, 3.05) is 6.67 Å². The number of hydrogen-bond donors (Lipinski definition) is 0. The molecule has 0 aromatic heterocycles. The minimum atomic E-state index is -4.40. The van der Waals surface area contributed by atoms with E-state index in [0.29, 0.717) is 0 Å². The zero-order chi connectivity index (χ0) is 9.07.